The average Bonchev–Trinajstić information content (AvgIpc) is 2.86. The fourth-order valence-electron chi connectivity index (χ4n) is 4.95. The highest BCUT2D eigenvalue weighted by atomic mass is 16.7. The van der Waals surface area contributed by atoms with Gasteiger partial charge in [0, 0.05) is 5.41 Å². The number of carbonyl (C=O) groups is 1. The maximum Gasteiger partial charge on any atom is 0.519 e. The molecule has 4 rings (SSSR count). The van der Waals surface area contributed by atoms with Crippen molar-refractivity contribution in [2.24, 2.45) is 0 Å². The van der Waals surface area contributed by atoms with Crippen molar-refractivity contribution >= 4 is 6.16 Å². The Morgan fingerprint density at radius 1 is 0.818 bits per heavy atom. The molecule has 1 aliphatic carbocycles. The maximum absolute atomic E-state index is 12.4. The van der Waals surface area contributed by atoms with Gasteiger partial charge in [-0.2, -0.15) is 0 Å². The Morgan fingerprint density at radius 2 is 1.52 bits per heavy atom. The Morgan fingerprint density at radius 3 is 2.18 bits per heavy atom. The highest BCUT2D eigenvalue weighted by molar-refractivity contribution is 5.68. The lowest BCUT2D eigenvalue weighted by molar-refractivity contribution is 0.150. The number of carbonyl (C=O) groups excluding carboxylic acids is 1. The van der Waals surface area contributed by atoms with Crippen LogP contribution in [-0.2, 0) is 11.8 Å². The van der Waals surface area contributed by atoms with Crippen LogP contribution in [0.1, 0.15) is 62.1 Å². The predicted molar refractivity (Wildman–Crippen MR) is 130 cm³/mol. The molecule has 0 saturated heterocycles. The van der Waals surface area contributed by atoms with E-state index in [0.29, 0.717) is 17.2 Å². The quantitative estimate of drug-likeness (QED) is 0.280. The summed E-state index contributed by atoms with van der Waals surface area (Å²) in [6.07, 6.45) is 7.19. The topological polar surface area (TPSA) is 44.8 Å². The molecule has 0 heterocycles. The van der Waals surface area contributed by atoms with E-state index >= 15 is 0 Å². The minimum absolute atomic E-state index is 0.0200. The second-order valence-electron chi connectivity index (χ2n) is 8.72. The summed E-state index contributed by atoms with van der Waals surface area (Å²) in [4.78, 5) is 12.4. The van der Waals surface area contributed by atoms with E-state index in [1.165, 1.54) is 30.4 Å². The molecule has 0 amide bonds. The van der Waals surface area contributed by atoms with Crippen molar-refractivity contribution in [1.82, 2.24) is 0 Å². The molecule has 0 spiro atoms. The van der Waals surface area contributed by atoms with Gasteiger partial charge in [-0.3, -0.25) is 0 Å². The number of rotatable bonds is 7. The number of hydrogen-bond donors (Lipinski definition) is 0. The van der Waals surface area contributed by atoms with E-state index < -0.39 is 6.16 Å². The number of aryl methyl sites for hydroxylation is 1. The molecule has 1 aliphatic rings. The molecule has 0 aromatic heterocycles. The Labute approximate surface area is 196 Å². The van der Waals surface area contributed by atoms with E-state index in [9.17, 15) is 4.79 Å². The third kappa shape index (κ3) is 5.22. The van der Waals surface area contributed by atoms with Gasteiger partial charge in [0.05, 0.1) is 7.11 Å². The summed E-state index contributed by atoms with van der Waals surface area (Å²) in [6, 6.07) is 24.2. The lowest BCUT2D eigenvalue weighted by Crippen LogP contribution is -2.30. The van der Waals surface area contributed by atoms with Gasteiger partial charge < -0.3 is 14.2 Å². The van der Waals surface area contributed by atoms with E-state index in [1.807, 2.05) is 24.3 Å². The molecule has 3 aromatic rings. The second-order valence-corrected chi connectivity index (χ2v) is 8.72. The van der Waals surface area contributed by atoms with Gasteiger partial charge in [0.2, 0.25) is 0 Å². The molecule has 1 saturated carbocycles. The third-order valence-electron chi connectivity index (χ3n) is 6.60. The summed E-state index contributed by atoms with van der Waals surface area (Å²) in [7, 11) is 1.57. The lowest BCUT2D eigenvalue weighted by Gasteiger charge is -2.38. The first-order valence-corrected chi connectivity index (χ1v) is 11.9. The molecular weight excluding hydrogens is 412 g/mol. The van der Waals surface area contributed by atoms with Crippen molar-refractivity contribution < 1.29 is 19.0 Å². The van der Waals surface area contributed by atoms with Gasteiger partial charge >= 0.3 is 6.16 Å². The molecule has 0 unspecified atom stereocenters. The van der Waals surface area contributed by atoms with Crippen LogP contribution in [0.2, 0.25) is 0 Å². The lowest BCUT2D eigenvalue weighted by atomic mass is 9.65. The van der Waals surface area contributed by atoms with E-state index in [4.69, 9.17) is 14.2 Å². The van der Waals surface area contributed by atoms with Gasteiger partial charge in [0.25, 0.3) is 0 Å². The summed E-state index contributed by atoms with van der Waals surface area (Å²) >= 11 is 0. The standard InChI is InChI=1S/C29H32O4/c1-3-10-22-13-18-26(27(21-22)31-2)33-28(30)32-25-16-14-24(15-17-25)29(19-8-5-9-20-29)23-11-6-4-7-12-23/h4,6-7,11-18,21H,3,5,8-10,19-20H2,1-2H3. The number of methoxy groups -OCH3 is 1. The molecule has 3 aromatic carbocycles. The molecule has 0 aliphatic heterocycles. The summed E-state index contributed by atoms with van der Waals surface area (Å²) in [6.45, 7) is 2.12. The van der Waals surface area contributed by atoms with Crippen molar-refractivity contribution in [2.45, 2.75) is 57.3 Å². The van der Waals surface area contributed by atoms with Crippen LogP contribution in [0.5, 0.6) is 17.2 Å². The minimum atomic E-state index is -0.778. The van der Waals surface area contributed by atoms with Gasteiger partial charge in [-0.15, -0.1) is 0 Å². The molecule has 0 atom stereocenters. The van der Waals surface area contributed by atoms with E-state index in [-0.39, 0.29) is 5.41 Å². The summed E-state index contributed by atoms with van der Waals surface area (Å²) in [5.41, 5.74) is 3.78. The Balaban J connectivity index is 1.48. The van der Waals surface area contributed by atoms with Crippen molar-refractivity contribution in [3.63, 3.8) is 0 Å². The Kier molecular flexibility index (Phi) is 7.33. The monoisotopic (exact) mass is 444 g/mol. The summed E-state index contributed by atoms with van der Waals surface area (Å²) in [5, 5.41) is 0. The molecule has 4 heteroatoms. The van der Waals surface area contributed by atoms with Gasteiger partial charge in [-0.1, -0.05) is 81.1 Å². The normalized spacial score (nSPS) is 15.0. The van der Waals surface area contributed by atoms with Crippen molar-refractivity contribution in [2.75, 3.05) is 7.11 Å². The zero-order valence-corrected chi connectivity index (χ0v) is 19.5. The fourth-order valence-corrected chi connectivity index (χ4v) is 4.95. The molecule has 1 fully saturated rings. The Bertz CT molecular complexity index is 1050. The first-order chi connectivity index (χ1) is 16.1. The largest absolute Gasteiger partial charge is 0.519 e. The van der Waals surface area contributed by atoms with Crippen LogP contribution in [0, 0.1) is 0 Å². The van der Waals surface area contributed by atoms with E-state index in [1.54, 1.807) is 13.2 Å². The summed E-state index contributed by atoms with van der Waals surface area (Å²) in [5.74, 6) is 1.34. The third-order valence-corrected chi connectivity index (χ3v) is 6.60. The maximum atomic E-state index is 12.4. The van der Waals surface area contributed by atoms with Crippen LogP contribution < -0.4 is 14.2 Å². The zero-order chi connectivity index (χ0) is 23.1. The fraction of sp³-hybridized carbons (Fsp3) is 0.345. The number of ether oxygens (including phenoxy) is 3. The first kappa shape index (κ1) is 22.9. The van der Waals surface area contributed by atoms with Crippen LogP contribution >= 0.6 is 0 Å². The molecule has 0 bridgehead atoms. The van der Waals surface area contributed by atoms with Gasteiger partial charge in [-0.25, -0.2) is 4.79 Å². The number of hydrogen-bond acceptors (Lipinski definition) is 4. The van der Waals surface area contributed by atoms with Crippen LogP contribution in [-0.4, -0.2) is 13.3 Å². The highest BCUT2D eigenvalue weighted by Gasteiger charge is 2.35. The van der Waals surface area contributed by atoms with Crippen LogP contribution in [0.4, 0.5) is 4.79 Å². The van der Waals surface area contributed by atoms with Crippen molar-refractivity contribution in [3.05, 3.63) is 89.5 Å². The van der Waals surface area contributed by atoms with Crippen molar-refractivity contribution in [3.8, 4) is 17.2 Å². The zero-order valence-electron chi connectivity index (χ0n) is 19.5. The SMILES string of the molecule is CCCc1ccc(OC(=O)Oc2ccc(C3(c4ccccc4)CCCCC3)cc2)c(OC)c1. The summed E-state index contributed by atoms with van der Waals surface area (Å²) < 4.78 is 16.3. The second kappa shape index (κ2) is 10.6. The molecule has 4 nitrogen and oxygen atoms in total. The van der Waals surface area contributed by atoms with Crippen LogP contribution in [0.25, 0.3) is 0 Å². The molecule has 33 heavy (non-hydrogen) atoms. The van der Waals surface area contributed by atoms with Crippen molar-refractivity contribution in [1.29, 1.82) is 0 Å². The first-order valence-electron chi connectivity index (χ1n) is 11.9. The van der Waals surface area contributed by atoms with E-state index in [0.717, 1.165) is 31.2 Å². The smallest absolute Gasteiger partial charge is 0.493 e. The van der Waals surface area contributed by atoms with Gasteiger partial charge in [0.1, 0.15) is 5.75 Å². The predicted octanol–water partition coefficient (Wildman–Crippen LogP) is 7.48. The van der Waals surface area contributed by atoms with Crippen LogP contribution in [0.15, 0.2) is 72.8 Å². The Hall–Kier alpha value is -3.27. The van der Waals surface area contributed by atoms with E-state index in [2.05, 4.69) is 49.4 Å². The molecule has 0 N–H and O–H groups in total. The van der Waals surface area contributed by atoms with Crippen LogP contribution in [0.3, 0.4) is 0 Å². The van der Waals surface area contributed by atoms with Gasteiger partial charge in [0.15, 0.2) is 11.5 Å². The molecule has 172 valence electrons. The highest BCUT2D eigenvalue weighted by Crippen LogP contribution is 2.45. The molecule has 0 radical (unpaired) electrons. The molecular formula is C29H32O4. The number of benzene rings is 3. The van der Waals surface area contributed by atoms with Gasteiger partial charge in [-0.05, 0) is 60.2 Å². The average molecular weight is 445 g/mol. The minimum Gasteiger partial charge on any atom is -0.493 e.